The predicted octanol–water partition coefficient (Wildman–Crippen LogP) is 4.39. The van der Waals surface area contributed by atoms with Crippen molar-refractivity contribution in [3.05, 3.63) is 68.9 Å². The Kier molecular flexibility index (Phi) is 15.4. The Balaban J connectivity index is 0.000000520. The largest absolute Gasteiger partial charge is 0.466 e. The van der Waals surface area contributed by atoms with Crippen molar-refractivity contribution in [3.63, 3.8) is 0 Å². The molecule has 0 spiro atoms. The van der Waals surface area contributed by atoms with Crippen LogP contribution >= 0.6 is 31.9 Å². The average Bonchev–Trinajstić information content (AvgIpc) is 3.27. The molecule has 192 valence electrons. The second kappa shape index (κ2) is 16.7. The lowest BCUT2D eigenvalue weighted by Crippen LogP contribution is -2.14. The van der Waals surface area contributed by atoms with E-state index in [9.17, 15) is 18.0 Å². The van der Waals surface area contributed by atoms with Gasteiger partial charge in [0, 0.05) is 27.0 Å². The molecule has 0 aliphatic heterocycles. The maximum Gasteiger partial charge on any atom is 0.451 e. The number of carbonyl (C=O) groups excluding carboxylic acids is 1. The number of hydrogen-bond acceptors (Lipinski definition) is 8. The summed E-state index contributed by atoms with van der Waals surface area (Å²) in [5, 5.41) is 19.5. The van der Waals surface area contributed by atoms with E-state index < -0.39 is 12.0 Å². The number of ether oxygens (including phenoxy) is 1. The van der Waals surface area contributed by atoms with Gasteiger partial charge in [-0.25, -0.2) is 10.8 Å². The zero-order valence-corrected chi connectivity index (χ0v) is 21.7. The van der Waals surface area contributed by atoms with Crippen molar-refractivity contribution in [2.24, 2.45) is 11.6 Å². The Hall–Kier alpha value is -2.85. The number of nitrogens with zero attached hydrogens (tertiary/aromatic N) is 2. The lowest BCUT2D eigenvalue weighted by molar-refractivity contribution is -0.144. The van der Waals surface area contributed by atoms with Gasteiger partial charge in [0.15, 0.2) is 5.82 Å². The van der Waals surface area contributed by atoms with E-state index in [1.165, 1.54) is 12.5 Å². The number of amidine groups is 1. The molecular weight excluding hydrogens is 603 g/mol. The van der Waals surface area contributed by atoms with Crippen molar-refractivity contribution >= 4 is 43.7 Å². The standard InChI is InChI=1S/C9H5BrF3N3.C7H7BrN2.C4H8O2.H4N2O/c10-6-3-1-5(2-4-6)7-14-8(16-15-7)9(11,12)13;8-6-3-1-5(2-4-6)7(9)10;1-3-6-4(2)5;1-2-3/h1-4H,(H,14,15,16);1-4H,(H3,9,10);3H2,1-2H3;2-3H,1H2. The van der Waals surface area contributed by atoms with Crippen molar-refractivity contribution in [3.8, 4) is 11.4 Å². The second-order valence-corrected chi connectivity index (χ2v) is 7.82. The summed E-state index contributed by atoms with van der Waals surface area (Å²) in [6.45, 7) is 3.65. The van der Waals surface area contributed by atoms with Crippen LogP contribution in [0, 0.1) is 5.41 Å². The molecule has 0 bridgehead atoms. The van der Waals surface area contributed by atoms with Gasteiger partial charge in [-0.05, 0) is 31.2 Å². The molecule has 0 saturated heterocycles. The van der Waals surface area contributed by atoms with Crippen LogP contribution in [0.4, 0.5) is 13.2 Å². The Morgan fingerprint density at radius 1 is 1.14 bits per heavy atom. The van der Waals surface area contributed by atoms with E-state index in [1.54, 1.807) is 43.3 Å². The lowest BCUT2D eigenvalue weighted by atomic mass is 10.2. The number of nitrogen functional groups attached to an aromatic ring is 1. The topological polar surface area (TPSA) is 176 Å². The fourth-order valence-electron chi connectivity index (χ4n) is 1.95. The lowest BCUT2D eigenvalue weighted by Gasteiger charge is -1.98. The monoisotopic (exact) mass is 625 g/mol. The van der Waals surface area contributed by atoms with E-state index in [-0.39, 0.29) is 17.6 Å². The van der Waals surface area contributed by atoms with Crippen LogP contribution in [0.5, 0.6) is 0 Å². The summed E-state index contributed by atoms with van der Waals surface area (Å²) in [6.07, 6.45) is -4.50. The van der Waals surface area contributed by atoms with E-state index in [0.717, 1.165) is 14.5 Å². The van der Waals surface area contributed by atoms with Crippen LogP contribution in [0.2, 0.25) is 0 Å². The molecule has 0 aliphatic carbocycles. The molecule has 0 atom stereocenters. The summed E-state index contributed by atoms with van der Waals surface area (Å²) in [6, 6.07) is 14.0. The number of halogens is 5. The third kappa shape index (κ3) is 14.2. The second-order valence-electron chi connectivity index (χ2n) is 5.99. The Morgan fingerprint density at radius 3 is 1.91 bits per heavy atom. The Morgan fingerprint density at radius 2 is 1.60 bits per heavy atom. The molecule has 0 saturated carbocycles. The summed E-state index contributed by atoms with van der Waals surface area (Å²) in [5.41, 5.74) is 7.76. The van der Waals surface area contributed by atoms with E-state index in [4.69, 9.17) is 16.4 Å². The first kappa shape index (κ1) is 32.1. The minimum absolute atomic E-state index is 0.0276. The molecular formula is C20H24Br2F3N7O3. The van der Waals surface area contributed by atoms with Crippen molar-refractivity contribution in [1.29, 1.82) is 5.41 Å². The molecule has 0 aliphatic rings. The van der Waals surface area contributed by atoms with Crippen LogP contribution in [-0.2, 0) is 15.7 Å². The molecule has 0 radical (unpaired) electrons. The zero-order valence-electron chi connectivity index (χ0n) is 18.5. The number of esters is 1. The number of hydrogen-bond donors (Lipinski definition) is 6. The van der Waals surface area contributed by atoms with E-state index in [1.807, 2.05) is 17.2 Å². The molecule has 1 heterocycles. The van der Waals surface area contributed by atoms with Gasteiger partial charge in [0.2, 0.25) is 5.82 Å². The number of rotatable bonds is 3. The van der Waals surface area contributed by atoms with Crippen molar-refractivity contribution in [1.82, 2.24) is 20.8 Å². The smallest absolute Gasteiger partial charge is 0.451 e. The van der Waals surface area contributed by atoms with Crippen LogP contribution in [-0.4, -0.2) is 38.8 Å². The quantitative estimate of drug-likeness (QED) is 0.0815. The third-order valence-electron chi connectivity index (χ3n) is 3.36. The van der Waals surface area contributed by atoms with Gasteiger partial charge in [-0.2, -0.15) is 18.3 Å². The number of nitrogens with one attached hydrogen (secondary N) is 3. The van der Waals surface area contributed by atoms with E-state index >= 15 is 0 Å². The third-order valence-corrected chi connectivity index (χ3v) is 4.42. The highest BCUT2D eigenvalue weighted by molar-refractivity contribution is 9.10. The van der Waals surface area contributed by atoms with E-state index in [2.05, 4.69) is 52.5 Å². The minimum Gasteiger partial charge on any atom is -0.466 e. The van der Waals surface area contributed by atoms with Gasteiger partial charge in [0.1, 0.15) is 5.84 Å². The highest BCUT2D eigenvalue weighted by atomic mass is 79.9. The van der Waals surface area contributed by atoms with Gasteiger partial charge in [-0.15, -0.1) is 5.59 Å². The fraction of sp³-hybridized carbons (Fsp3) is 0.200. The molecule has 2 aromatic carbocycles. The molecule has 10 nitrogen and oxygen atoms in total. The normalized spacial score (nSPS) is 9.86. The number of aromatic amines is 1. The van der Waals surface area contributed by atoms with Crippen LogP contribution in [0.3, 0.4) is 0 Å². The summed E-state index contributed by atoms with van der Waals surface area (Å²) in [7, 11) is 0. The van der Waals surface area contributed by atoms with Crippen LogP contribution in [0.15, 0.2) is 57.5 Å². The molecule has 0 fully saturated rings. The van der Waals surface area contributed by atoms with Gasteiger partial charge >= 0.3 is 12.1 Å². The summed E-state index contributed by atoms with van der Waals surface area (Å²) < 4.78 is 43.0. The molecule has 1 aromatic heterocycles. The summed E-state index contributed by atoms with van der Waals surface area (Å²) in [4.78, 5) is 13.2. The van der Waals surface area contributed by atoms with Crippen molar-refractivity contribution in [2.75, 3.05) is 6.61 Å². The fourth-order valence-corrected chi connectivity index (χ4v) is 2.48. The molecule has 35 heavy (non-hydrogen) atoms. The highest BCUT2D eigenvalue weighted by Gasteiger charge is 2.35. The number of carbonyl (C=O) groups is 1. The summed E-state index contributed by atoms with van der Waals surface area (Å²) >= 11 is 6.51. The first-order valence-electron chi connectivity index (χ1n) is 9.44. The first-order chi connectivity index (χ1) is 16.3. The van der Waals surface area contributed by atoms with Crippen LogP contribution < -0.4 is 17.2 Å². The van der Waals surface area contributed by atoms with E-state index in [0.29, 0.717) is 12.2 Å². The first-order valence-corrected chi connectivity index (χ1v) is 11.0. The number of benzene rings is 2. The van der Waals surface area contributed by atoms with Gasteiger partial charge in [-0.3, -0.25) is 15.3 Å². The maximum absolute atomic E-state index is 12.2. The molecule has 15 heteroatoms. The minimum atomic E-state index is -4.50. The van der Waals surface area contributed by atoms with Crippen molar-refractivity contribution < 1.29 is 27.9 Å². The van der Waals surface area contributed by atoms with Crippen LogP contribution in [0.25, 0.3) is 11.4 Å². The summed E-state index contributed by atoms with van der Waals surface area (Å²) in [5.74, 6) is 2.98. The van der Waals surface area contributed by atoms with Crippen LogP contribution in [0.1, 0.15) is 25.2 Å². The number of H-pyrrole nitrogens is 1. The average molecular weight is 627 g/mol. The molecule has 3 aromatic rings. The maximum atomic E-state index is 12.2. The molecule has 0 amide bonds. The number of nitrogens with two attached hydrogens (primary N) is 2. The van der Waals surface area contributed by atoms with Gasteiger partial charge in [0.25, 0.3) is 0 Å². The number of hydrazine groups is 1. The number of aromatic nitrogens is 3. The SMILES string of the molecule is CCOC(C)=O.FC(F)(F)c1nc(-c2ccc(Br)cc2)n[nH]1.N=C(N)c1ccc(Br)cc1.NNO. The van der Waals surface area contributed by atoms with Gasteiger partial charge < -0.3 is 15.7 Å². The van der Waals surface area contributed by atoms with Gasteiger partial charge in [0.05, 0.1) is 6.61 Å². The zero-order chi connectivity index (χ0) is 27.0. The molecule has 8 N–H and O–H groups in total. The Labute approximate surface area is 216 Å². The highest BCUT2D eigenvalue weighted by Crippen LogP contribution is 2.27. The number of alkyl halides is 3. The molecule has 0 unspecified atom stereocenters. The Bertz CT molecular complexity index is 1030. The van der Waals surface area contributed by atoms with Crippen molar-refractivity contribution in [2.45, 2.75) is 20.0 Å². The molecule has 3 rings (SSSR count). The van der Waals surface area contributed by atoms with Gasteiger partial charge in [-0.1, -0.05) is 56.1 Å². The predicted molar refractivity (Wildman–Crippen MR) is 131 cm³/mol.